The highest BCUT2D eigenvalue weighted by molar-refractivity contribution is 8.05. The zero-order chi connectivity index (χ0) is 24.1. The third kappa shape index (κ3) is 5.45. The number of benzene rings is 3. The molecule has 0 spiro atoms. The number of halogens is 2. The van der Waals surface area contributed by atoms with Crippen LogP contribution in [-0.4, -0.2) is 17.1 Å². The van der Waals surface area contributed by atoms with Gasteiger partial charge >= 0.3 is 0 Å². The summed E-state index contributed by atoms with van der Waals surface area (Å²) in [5.41, 5.74) is 2.22. The van der Waals surface area contributed by atoms with Crippen LogP contribution < -0.4 is 10.2 Å². The van der Waals surface area contributed by atoms with E-state index < -0.39 is 11.2 Å². The Kier molecular flexibility index (Phi) is 7.59. The molecule has 3 aromatic rings. The van der Waals surface area contributed by atoms with Crippen molar-refractivity contribution < 1.29 is 9.59 Å². The molecule has 0 radical (unpaired) electrons. The molecule has 0 bridgehead atoms. The molecule has 0 unspecified atom stereocenters. The van der Waals surface area contributed by atoms with Crippen molar-refractivity contribution >= 4 is 52.5 Å². The fraction of sp³-hybridized carbons (Fsp3) is 0.115. The molecule has 5 nitrogen and oxygen atoms in total. The molecule has 1 aliphatic rings. The first kappa shape index (κ1) is 23.9. The molecular weight excluding hydrogens is 489 g/mol. The summed E-state index contributed by atoms with van der Waals surface area (Å²) in [6, 6.07) is 25.4. The van der Waals surface area contributed by atoms with Gasteiger partial charge in [-0.25, -0.2) is 0 Å². The standard InChI is InChI=1S/C26H19Cl2N3O2S/c27-19-9-11-21(12-10-19)31-25(33)23(14-18-7-4-8-20(28)13-18)34-26(31)22(15-29)24(32)30-16-17-5-2-1-3-6-17/h1-13,23H,14,16H2,(H,30,32)/b26-22-/t23-/m0/s1. The molecule has 0 aliphatic carbocycles. The summed E-state index contributed by atoms with van der Waals surface area (Å²) >= 11 is 13.4. The minimum atomic E-state index is -0.538. The second-order valence-electron chi connectivity index (χ2n) is 7.55. The van der Waals surface area contributed by atoms with Gasteiger partial charge in [-0.3, -0.25) is 14.5 Å². The summed E-state index contributed by atoms with van der Waals surface area (Å²) in [6.07, 6.45) is 0.405. The van der Waals surface area contributed by atoms with E-state index in [1.165, 1.54) is 16.7 Å². The number of nitriles is 1. The number of rotatable bonds is 6. The maximum Gasteiger partial charge on any atom is 0.264 e. The molecule has 1 N–H and O–H groups in total. The molecule has 170 valence electrons. The fourth-order valence-corrected chi connectivity index (χ4v) is 5.20. The molecule has 4 rings (SSSR count). The smallest absolute Gasteiger partial charge is 0.264 e. The number of hydrogen-bond acceptors (Lipinski definition) is 4. The van der Waals surface area contributed by atoms with E-state index in [9.17, 15) is 14.9 Å². The largest absolute Gasteiger partial charge is 0.347 e. The maximum atomic E-state index is 13.5. The van der Waals surface area contributed by atoms with Crippen molar-refractivity contribution in [3.63, 3.8) is 0 Å². The topological polar surface area (TPSA) is 73.2 Å². The molecule has 1 atom stereocenters. The lowest BCUT2D eigenvalue weighted by Gasteiger charge is -2.19. The van der Waals surface area contributed by atoms with Gasteiger partial charge in [-0.15, -0.1) is 0 Å². The summed E-state index contributed by atoms with van der Waals surface area (Å²) < 4.78 is 0. The van der Waals surface area contributed by atoms with Crippen LogP contribution in [0.1, 0.15) is 11.1 Å². The Bertz CT molecular complexity index is 1290. The second kappa shape index (κ2) is 10.8. The van der Waals surface area contributed by atoms with Crippen LogP contribution in [0.3, 0.4) is 0 Å². The summed E-state index contributed by atoms with van der Waals surface area (Å²) in [5.74, 6) is -0.755. The van der Waals surface area contributed by atoms with Crippen LogP contribution >= 0.6 is 35.0 Å². The summed E-state index contributed by atoms with van der Waals surface area (Å²) in [5, 5.41) is 13.6. The van der Waals surface area contributed by atoms with E-state index >= 15 is 0 Å². The molecule has 34 heavy (non-hydrogen) atoms. The van der Waals surface area contributed by atoms with Crippen molar-refractivity contribution in [2.24, 2.45) is 0 Å². The fourth-order valence-electron chi connectivity index (χ4n) is 3.56. The van der Waals surface area contributed by atoms with Crippen LogP contribution in [0.4, 0.5) is 5.69 Å². The number of anilines is 1. The van der Waals surface area contributed by atoms with Gasteiger partial charge in [-0.05, 0) is 53.9 Å². The van der Waals surface area contributed by atoms with Crippen molar-refractivity contribution in [1.82, 2.24) is 5.32 Å². The summed E-state index contributed by atoms with van der Waals surface area (Å²) in [4.78, 5) is 27.9. The van der Waals surface area contributed by atoms with Gasteiger partial charge in [0.25, 0.3) is 5.91 Å². The first-order chi connectivity index (χ1) is 16.5. The average molecular weight is 508 g/mol. The number of hydrogen-bond donors (Lipinski definition) is 1. The average Bonchev–Trinajstić information content (AvgIpc) is 3.15. The van der Waals surface area contributed by atoms with Gasteiger partial charge in [-0.2, -0.15) is 5.26 Å². The Morgan fingerprint density at radius 2 is 1.68 bits per heavy atom. The van der Waals surface area contributed by atoms with E-state index in [1.807, 2.05) is 54.6 Å². The van der Waals surface area contributed by atoms with Gasteiger partial charge < -0.3 is 5.32 Å². The van der Waals surface area contributed by atoms with Gasteiger partial charge in [-0.1, -0.05) is 77.4 Å². The highest BCUT2D eigenvalue weighted by Crippen LogP contribution is 2.42. The van der Waals surface area contributed by atoms with Crippen LogP contribution in [0.5, 0.6) is 0 Å². The number of thioether (sulfide) groups is 1. The van der Waals surface area contributed by atoms with E-state index in [0.29, 0.717) is 27.2 Å². The minimum absolute atomic E-state index is 0.113. The Balaban J connectivity index is 1.67. The van der Waals surface area contributed by atoms with Crippen molar-refractivity contribution in [1.29, 1.82) is 5.26 Å². The third-order valence-electron chi connectivity index (χ3n) is 5.20. The Morgan fingerprint density at radius 3 is 2.35 bits per heavy atom. The van der Waals surface area contributed by atoms with Crippen LogP contribution in [0.15, 0.2) is 89.5 Å². The SMILES string of the molecule is N#C/C(C(=O)NCc1ccccc1)=C1/S[C@@H](Cc2cccc(Cl)c2)C(=O)N1c1ccc(Cl)cc1. The monoisotopic (exact) mass is 507 g/mol. The summed E-state index contributed by atoms with van der Waals surface area (Å²) in [7, 11) is 0. The van der Waals surface area contributed by atoms with Crippen LogP contribution in [0.2, 0.25) is 10.0 Å². The molecule has 8 heteroatoms. The number of carbonyl (C=O) groups is 2. The zero-order valence-electron chi connectivity index (χ0n) is 17.9. The predicted molar refractivity (Wildman–Crippen MR) is 136 cm³/mol. The van der Waals surface area contributed by atoms with Crippen molar-refractivity contribution in [2.45, 2.75) is 18.2 Å². The molecule has 1 aliphatic heterocycles. The molecular formula is C26H19Cl2N3O2S. The lowest BCUT2D eigenvalue weighted by atomic mass is 10.1. The number of nitrogens with one attached hydrogen (secondary N) is 1. The first-order valence-corrected chi connectivity index (χ1v) is 12.1. The Morgan fingerprint density at radius 1 is 0.971 bits per heavy atom. The first-order valence-electron chi connectivity index (χ1n) is 10.4. The molecule has 0 saturated carbocycles. The normalized spacial score (nSPS) is 16.8. The van der Waals surface area contributed by atoms with E-state index in [2.05, 4.69) is 5.32 Å². The lowest BCUT2D eigenvalue weighted by molar-refractivity contribution is -0.117. The van der Waals surface area contributed by atoms with Crippen LogP contribution in [0, 0.1) is 11.3 Å². The van der Waals surface area contributed by atoms with E-state index in [4.69, 9.17) is 23.2 Å². The molecule has 3 aromatic carbocycles. The lowest BCUT2D eigenvalue weighted by Crippen LogP contribution is -2.32. The van der Waals surface area contributed by atoms with Crippen LogP contribution in [0.25, 0.3) is 0 Å². The van der Waals surface area contributed by atoms with E-state index in [1.54, 1.807) is 30.3 Å². The number of carbonyl (C=O) groups excluding carboxylic acids is 2. The van der Waals surface area contributed by atoms with Gasteiger partial charge in [0.15, 0.2) is 0 Å². The highest BCUT2D eigenvalue weighted by Gasteiger charge is 2.40. The quantitative estimate of drug-likeness (QED) is 0.341. The van der Waals surface area contributed by atoms with Crippen molar-refractivity contribution in [3.8, 4) is 6.07 Å². The van der Waals surface area contributed by atoms with Gasteiger partial charge in [0.1, 0.15) is 16.7 Å². The second-order valence-corrected chi connectivity index (χ2v) is 9.62. The van der Waals surface area contributed by atoms with E-state index in [-0.39, 0.29) is 18.0 Å². The zero-order valence-corrected chi connectivity index (χ0v) is 20.2. The third-order valence-corrected chi connectivity index (χ3v) is 6.95. The number of amides is 2. The van der Waals surface area contributed by atoms with E-state index in [0.717, 1.165) is 11.1 Å². The Labute approximate surface area is 212 Å². The minimum Gasteiger partial charge on any atom is -0.347 e. The molecule has 0 aromatic heterocycles. The molecule has 1 saturated heterocycles. The van der Waals surface area contributed by atoms with Crippen LogP contribution in [-0.2, 0) is 22.6 Å². The van der Waals surface area contributed by atoms with Crippen molar-refractivity contribution in [3.05, 3.63) is 111 Å². The molecule has 1 heterocycles. The number of nitrogens with zero attached hydrogens (tertiary/aromatic N) is 2. The van der Waals surface area contributed by atoms with Gasteiger partial charge in [0, 0.05) is 22.3 Å². The van der Waals surface area contributed by atoms with Gasteiger partial charge in [0.2, 0.25) is 5.91 Å². The summed E-state index contributed by atoms with van der Waals surface area (Å²) in [6.45, 7) is 0.267. The van der Waals surface area contributed by atoms with Gasteiger partial charge in [0.05, 0.1) is 5.25 Å². The Hall–Kier alpha value is -3.24. The molecule has 1 fully saturated rings. The van der Waals surface area contributed by atoms with Crippen molar-refractivity contribution in [2.75, 3.05) is 4.90 Å². The predicted octanol–water partition coefficient (Wildman–Crippen LogP) is 5.74. The maximum absolute atomic E-state index is 13.5. The molecule has 2 amide bonds. The highest BCUT2D eigenvalue weighted by atomic mass is 35.5.